The van der Waals surface area contributed by atoms with Crippen LogP contribution in [0, 0.1) is 0 Å². The van der Waals surface area contributed by atoms with Crippen LogP contribution < -0.4 is 0 Å². The van der Waals surface area contributed by atoms with E-state index in [-0.39, 0.29) is 17.5 Å². The highest BCUT2D eigenvalue weighted by molar-refractivity contribution is 9.13. The fourth-order valence-corrected chi connectivity index (χ4v) is 2.48. The van der Waals surface area contributed by atoms with Gasteiger partial charge >= 0.3 is 0 Å². The van der Waals surface area contributed by atoms with Crippen molar-refractivity contribution < 1.29 is 9.59 Å². The van der Waals surface area contributed by atoms with E-state index in [1.165, 1.54) is 17.0 Å². The lowest BCUT2D eigenvalue weighted by molar-refractivity contribution is 0.0907. The van der Waals surface area contributed by atoms with Crippen molar-refractivity contribution in [1.82, 2.24) is 9.55 Å². The van der Waals surface area contributed by atoms with Gasteiger partial charge in [0.2, 0.25) is 5.78 Å². The predicted molar refractivity (Wildman–Crippen MR) is 67.2 cm³/mol. The third-order valence-electron chi connectivity index (χ3n) is 2.60. The zero-order valence-corrected chi connectivity index (χ0v) is 11.4. The molecule has 1 aromatic heterocycles. The number of nitrogens with zero attached hydrogens (tertiary/aromatic N) is 2. The summed E-state index contributed by atoms with van der Waals surface area (Å²) in [5, 5.41) is 0. The van der Waals surface area contributed by atoms with Crippen LogP contribution in [0.4, 0.5) is 0 Å². The molecule has 0 bridgehead atoms. The van der Waals surface area contributed by atoms with Crippen LogP contribution in [0.2, 0.25) is 0 Å². The van der Waals surface area contributed by atoms with E-state index >= 15 is 0 Å². The molecule has 1 aromatic carbocycles. The minimum Gasteiger partial charge on any atom is -0.285 e. The van der Waals surface area contributed by atoms with Gasteiger partial charge in [0, 0.05) is 26.9 Å². The highest BCUT2D eigenvalue weighted by atomic mass is 79.9. The molecule has 0 atom stereocenters. The Kier molecular flexibility index (Phi) is 2.31. The van der Waals surface area contributed by atoms with Gasteiger partial charge in [0.25, 0.3) is 5.91 Å². The molecule has 0 fully saturated rings. The summed E-state index contributed by atoms with van der Waals surface area (Å²) in [5.74, 6) is -0.310. The number of hydrogen-bond donors (Lipinski definition) is 0. The molecule has 0 unspecified atom stereocenters. The van der Waals surface area contributed by atoms with E-state index in [4.69, 9.17) is 0 Å². The Bertz CT molecular complexity index is 621. The number of imidazole rings is 1. The van der Waals surface area contributed by atoms with E-state index in [9.17, 15) is 9.59 Å². The molecule has 0 aliphatic carbocycles. The van der Waals surface area contributed by atoms with Crippen LogP contribution >= 0.6 is 31.9 Å². The average molecular weight is 356 g/mol. The number of carbonyl (C=O) groups excluding carboxylic acids is 2. The number of ketones is 1. The van der Waals surface area contributed by atoms with E-state index < -0.39 is 0 Å². The summed E-state index contributed by atoms with van der Waals surface area (Å²) >= 11 is 6.63. The zero-order chi connectivity index (χ0) is 12.2. The molecule has 2 heterocycles. The first-order chi connectivity index (χ1) is 8.09. The van der Waals surface area contributed by atoms with Gasteiger partial charge in [-0.2, -0.15) is 0 Å². The molecule has 0 saturated heterocycles. The molecule has 17 heavy (non-hydrogen) atoms. The van der Waals surface area contributed by atoms with Gasteiger partial charge in [-0.15, -0.1) is 0 Å². The fraction of sp³-hybridized carbons (Fsp3) is 0. The molecule has 2 aromatic rings. The first-order valence-corrected chi connectivity index (χ1v) is 6.30. The second kappa shape index (κ2) is 3.61. The predicted octanol–water partition coefficient (Wildman–Crippen LogP) is 2.64. The van der Waals surface area contributed by atoms with E-state index in [0.29, 0.717) is 11.1 Å². The summed E-state index contributed by atoms with van der Waals surface area (Å²) in [6.45, 7) is 0. The van der Waals surface area contributed by atoms with Crippen molar-refractivity contribution in [3.05, 3.63) is 50.4 Å². The molecule has 0 N–H and O–H groups in total. The summed E-state index contributed by atoms with van der Waals surface area (Å²) < 4.78 is 2.74. The maximum atomic E-state index is 12.1. The van der Waals surface area contributed by atoms with Gasteiger partial charge in [-0.3, -0.25) is 14.2 Å². The van der Waals surface area contributed by atoms with Crippen LogP contribution in [0.1, 0.15) is 26.5 Å². The van der Waals surface area contributed by atoms with Gasteiger partial charge in [0.1, 0.15) is 0 Å². The SMILES string of the molecule is O=C1c2cc(Br)c(Br)cc2C(=O)n2ccnc21. The van der Waals surface area contributed by atoms with Crippen LogP contribution in [-0.4, -0.2) is 21.2 Å². The smallest absolute Gasteiger partial charge is 0.264 e. The normalized spacial score (nSPS) is 13.5. The molecule has 4 nitrogen and oxygen atoms in total. The molecule has 0 saturated carbocycles. The van der Waals surface area contributed by atoms with Crippen molar-refractivity contribution >= 4 is 43.6 Å². The minimum atomic E-state index is -0.238. The standard InChI is InChI=1S/C11H4Br2N2O2/c12-7-3-5-6(4-8(7)13)11(17)15-2-1-14-10(15)9(5)16/h1-4H. The van der Waals surface area contributed by atoms with Crippen molar-refractivity contribution in [3.63, 3.8) is 0 Å². The van der Waals surface area contributed by atoms with Gasteiger partial charge in [-0.25, -0.2) is 4.98 Å². The van der Waals surface area contributed by atoms with Crippen LogP contribution in [0.3, 0.4) is 0 Å². The quantitative estimate of drug-likeness (QED) is 0.623. The molecular weight excluding hydrogens is 352 g/mol. The molecule has 6 heteroatoms. The number of rotatable bonds is 0. The van der Waals surface area contributed by atoms with E-state index in [2.05, 4.69) is 36.8 Å². The first kappa shape index (κ1) is 10.9. The van der Waals surface area contributed by atoms with Crippen LogP contribution in [0.5, 0.6) is 0 Å². The highest BCUT2D eigenvalue weighted by Crippen LogP contribution is 2.30. The number of fused-ring (bicyclic) bond motifs is 2. The highest BCUT2D eigenvalue weighted by Gasteiger charge is 2.30. The Morgan fingerprint density at radius 3 is 2.41 bits per heavy atom. The number of benzene rings is 1. The van der Waals surface area contributed by atoms with E-state index in [0.717, 1.165) is 8.95 Å². The average Bonchev–Trinajstić information content (AvgIpc) is 2.78. The molecule has 0 amide bonds. The Morgan fingerprint density at radius 2 is 1.71 bits per heavy atom. The maximum Gasteiger partial charge on any atom is 0.264 e. The topological polar surface area (TPSA) is 52.0 Å². The molecule has 1 aliphatic heterocycles. The van der Waals surface area contributed by atoms with Crippen molar-refractivity contribution in [2.75, 3.05) is 0 Å². The van der Waals surface area contributed by atoms with Gasteiger partial charge in [0.05, 0.1) is 5.56 Å². The molecule has 0 radical (unpaired) electrons. The Morgan fingerprint density at radius 1 is 1.06 bits per heavy atom. The lowest BCUT2D eigenvalue weighted by Gasteiger charge is -2.16. The van der Waals surface area contributed by atoms with E-state index in [1.807, 2.05) is 0 Å². The molecule has 84 valence electrons. The molecule has 3 rings (SSSR count). The van der Waals surface area contributed by atoms with Gasteiger partial charge in [-0.05, 0) is 44.0 Å². The summed E-state index contributed by atoms with van der Waals surface area (Å²) in [5.41, 5.74) is 0.763. The van der Waals surface area contributed by atoms with Crippen LogP contribution in [-0.2, 0) is 0 Å². The van der Waals surface area contributed by atoms with Gasteiger partial charge in [-0.1, -0.05) is 0 Å². The fourth-order valence-electron chi connectivity index (χ4n) is 1.80. The van der Waals surface area contributed by atoms with Crippen LogP contribution in [0.25, 0.3) is 0 Å². The van der Waals surface area contributed by atoms with Crippen molar-refractivity contribution in [2.45, 2.75) is 0 Å². The zero-order valence-electron chi connectivity index (χ0n) is 8.28. The first-order valence-electron chi connectivity index (χ1n) is 4.71. The van der Waals surface area contributed by atoms with E-state index in [1.54, 1.807) is 12.1 Å². The minimum absolute atomic E-state index is 0.164. The van der Waals surface area contributed by atoms with Gasteiger partial charge in [0.15, 0.2) is 5.82 Å². The summed E-state index contributed by atoms with van der Waals surface area (Å²) in [6.07, 6.45) is 2.94. The lowest BCUT2D eigenvalue weighted by atomic mass is 9.99. The second-order valence-corrected chi connectivity index (χ2v) is 5.28. The Balaban J connectivity index is 2.34. The molecule has 1 aliphatic rings. The third kappa shape index (κ3) is 1.44. The summed E-state index contributed by atoms with van der Waals surface area (Å²) in [7, 11) is 0. The number of hydrogen-bond acceptors (Lipinski definition) is 3. The third-order valence-corrected chi connectivity index (χ3v) is 4.44. The monoisotopic (exact) mass is 354 g/mol. The lowest BCUT2D eigenvalue weighted by Crippen LogP contribution is -2.27. The number of carbonyl (C=O) groups is 2. The molecular formula is C11H4Br2N2O2. The van der Waals surface area contributed by atoms with Gasteiger partial charge < -0.3 is 0 Å². The maximum absolute atomic E-state index is 12.1. The van der Waals surface area contributed by atoms with Crippen molar-refractivity contribution in [2.24, 2.45) is 0 Å². The summed E-state index contributed by atoms with van der Waals surface area (Å²) in [4.78, 5) is 28.1. The van der Waals surface area contributed by atoms with Crippen molar-refractivity contribution in [1.29, 1.82) is 0 Å². The van der Waals surface area contributed by atoms with Crippen LogP contribution in [0.15, 0.2) is 33.5 Å². The number of halogens is 2. The number of aromatic nitrogens is 2. The Labute approximate surface area is 113 Å². The largest absolute Gasteiger partial charge is 0.285 e. The van der Waals surface area contributed by atoms with Crippen molar-refractivity contribution in [3.8, 4) is 0 Å². The molecule has 0 spiro atoms. The second-order valence-electron chi connectivity index (χ2n) is 3.57. The Hall–Kier alpha value is -1.27. The summed E-state index contributed by atoms with van der Waals surface area (Å²) in [6, 6.07) is 3.28.